The largest absolute Gasteiger partial charge is 0.373 e. The number of aromatic nitrogens is 3. The minimum Gasteiger partial charge on any atom is -0.373 e. The average molecular weight is 365 g/mol. The molecule has 2 heterocycles. The molecule has 0 aliphatic heterocycles. The van der Waals surface area contributed by atoms with E-state index in [-0.39, 0.29) is 5.82 Å². The Balaban J connectivity index is 1.93. The molecule has 0 unspecified atom stereocenters. The van der Waals surface area contributed by atoms with Crippen molar-refractivity contribution in [1.82, 2.24) is 15.0 Å². The van der Waals surface area contributed by atoms with Crippen LogP contribution in [0.2, 0.25) is 5.02 Å². The summed E-state index contributed by atoms with van der Waals surface area (Å²) in [6, 6.07) is 13.7. The molecule has 0 aliphatic carbocycles. The highest BCUT2D eigenvalue weighted by molar-refractivity contribution is 6.33. The summed E-state index contributed by atoms with van der Waals surface area (Å²) in [5.74, 6) is 0.947. The van der Waals surface area contributed by atoms with Gasteiger partial charge < -0.3 is 5.32 Å². The van der Waals surface area contributed by atoms with Crippen molar-refractivity contribution in [1.29, 1.82) is 0 Å². The molecule has 0 aliphatic rings. The van der Waals surface area contributed by atoms with Gasteiger partial charge in [0.1, 0.15) is 11.6 Å². The molecule has 4 nitrogen and oxygen atoms in total. The van der Waals surface area contributed by atoms with Crippen molar-refractivity contribution in [2.45, 2.75) is 0 Å². The predicted molar refractivity (Wildman–Crippen MR) is 103 cm³/mol. The number of nitrogens with one attached hydrogen (secondary N) is 1. The molecule has 0 atom stereocenters. The molecule has 0 spiro atoms. The van der Waals surface area contributed by atoms with E-state index in [4.69, 9.17) is 11.6 Å². The Labute approximate surface area is 154 Å². The normalized spacial score (nSPS) is 10.9. The van der Waals surface area contributed by atoms with E-state index in [1.54, 1.807) is 18.5 Å². The lowest BCUT2D eigenvalue weighted by atomic mass is 10.0. The SMILES string of the molecule is CNc1nc(-c2cccnc2)nc2cc(-c3cc(F)ccc3Cl)ccc12. The fraction of sp³-hybridized carbons (Fsp3) is 0.0500. The third-order valence-corrected chi connectivity index (χ3v) is 4.42. The number of benzene rings is 2. The van der Waals surface area contributed by atoms with Gasteiger partial charge in [0.15, 0.2) is 5.82 Å². The first-order chi connectivity index (χ1) is 12.7. The topological polar surface area (TPSA) is 50.7 Å². The molecular weight excluding hydrogens is 351 g/mol. The van der Waals surface area contributed by atoms with Gasteiger partial charge in [-0.05, 0) is 48.0 Å². The van der Waals surface area contributed by atoms with Crippen LogP contribution in [0.3, 0.4) is 0 Å². The van der Waals surface area contributed by atoms with E-state index >= 15 is 0 Å². The van der Waals surface area contributed by atoms with Gasteiger partial charge in [0, 0.05) is 41.0 Å². The first-order valence-electron chi connectivity index (χ1n) is 8.01. The Morgan fingerprint density at radius 3 is 2.65 bits per heavy atom. The minimum atomic E-state index is -0.334. The van der Waals surface area contributed by atoms with E-state index in [0.29, 0.717) is 22.2 Å². The molecular formula is C20H14ClFN4. The van der Waals surface area contributed by atoms with Gasteiger partial charge >= 0.3 is 0 Å². The maximum atomic E-state index is 13.6. The van der Waals surface area contributed by atoms with Gasteiger partial charge in [-0.1, -0.05) is 17.7 Å². The highest BCUT2D eigenvalue weighted by atomic mass is 35.5. The second kappa shape index (κ2) is 6.69. The molecule has 2 aromatic carbocycles. The number of anilines is 1. The number of hydrogen-bond acceptors (Lipinski definition) is 4. The van der Waals surface area contributed by atoms with Crippen LogP contribution in [-0.2, 0) is 0 Å². The van der Waals surface area contributed by atoms with E-state index in [1.165, 1.54) is 12.1 Å². The van der Waals surface area contributed by atoms with Crippen molar-refractivity contribution < 1.29 is 4.39 Å². The van der Waals surface area contributed by atoms with Gasteiger partial charge in [0.05, 0.1) is 5.52 Å². The summed E-state index contributed by atoms with van der Waals surface area (Å²) in [5, 5.41) is 4.46. The molecule has 0 bridgehead atoms. The summed E-state index contributed by atoms with van der Waals surface area (Å²) in [6.07, 6.45) is 3.42. The van der Waals surface area contributed by atoms with E-state index in [9.17, 15) is 4.39 Å². The van der Waals surface area contributed by atoms with Crippen molar-refractivity contribution in [2.75, 3.05) is 12.4 Å². The van der Waals surface area contributed by atoms with Crippen LogP contribution in [0, 0.1) is 5.82 Å². The van der Waals surface area contributed by atoms with Crippen LogP contribution in [0.1, 0.15) is 0 Å². The lowest BCUT2D eigenvalue weighted by molar-refractivity contribution is 0.628. The summed E-state index contributed by atoms with van der Waals surface area (Å²) in [6.45, 7) is 0. The van der Waals surface area contributed by atoms with Gasteiger partial charge in [0.25, 0.3) is 0 Å². The van der Waals surface area contributed by atoms with Crippen molar-refractivity contribution >= 4 is 28.3 Å². The molecule has 128 valence electrons. The lowest BCUT2D eigenvalue weighted by Gasteiger charge is -2.10. The number of halogens is 2. The zero-order valence-corrected chi connectivity index (χ0v) is 14.6. The quantitative estimate of drug-likeness (QED) is 0.543. The van der Waals surface area contributed by atoms with Gasteiger partial charge in [-0.25, -0.2) is 14.4 Å². The molecule has 4 rings (SSSR count). The van der Waals surface area contributed by atoms with E-state index in [0.717, 1.165) is 22.0 Å². The van der Waals surface area contributed by atoms with Crippen LogP contribution < -0.4 is 5.32 Å². The van der Waals surface area contributed by atoms with Crippen molar-refractivity contribution in [2.24, 2.45) is 0 Å². The Bertz CT molecular complexity index is 1100. The highest BCUT2D eigenvalue weighted by Gasteiger charge is 2.12. The van der Waals surface area contributed by atoms with Gasteiger partial charge in [0.2, 0.25) is 0 Å². The van der Waals surface area contributed by atoms with E-state index in [2.05, 4.69) is 20.3 Å². The minimum absolute atomic E-state index is 0.334. The van der Waals surface area contributed by atoms with E-state index < -0.39 is 0 Å². The van der Waals surface area contributed by atoms with Crippen LogP contribution in [0.25, 0.3) is 33.4 Å². The zero-order valence-electron chi connectivity index (χ0n) is 13.9. The summed E-state index contributed by atoms with van der Waals surface area (Å²) in [4.78, 5) is 13.4. The number of hydrogen-bond donors (Lipinski definition) is 1. The summed E-state index contributed by atoms with van der Waals surface area (Å²) >= 11 is 6.25. The maximum Gasteiger partial charge on any atom is 0.163 e. The Kier molecular flexibility index (Phi) is 4.22. The molecule has 0 fully saturated rings. The molecule has 6 heteroatoms. The summed E-state index contributed by atoms with van der Waals surface area (Å²) in [5.41, 5.74) is 2.97. The van der Waals surface area contributed by atoms with Crippen LogP contribution in [0.4, 0.5) is 10.2 Å². The van der Waals surface area contributed by atoms with Gasteiger partial charge in [-0.15, -0.1) is 0 Å². The van der Waals surface area contributed by atoms with Crippen LogP contribution >= 0.6 is 11.6 Å². The van der Waals surface area contributed by atoms with Gasteiger partial charge in [-0.3, -0.25) is 4.98 Å². The first kappa shape index (κ1) is 16.4. The summed E-state index contributed by atoms with van der Waals surface area (Å²) < 4.78 is 13.6. The zero-order chi connectivity index (χ0) is 18.1. The second-order valence-corrected chi connectivity index (χ2v) is 6.15. The first-order valence-corrected chi connectivity index (χ1v) is 8.39. The molecule has 0 saturated carbocycles. The maximum absolute atomic E-state index is 13.6. The Hall–Kier alpha value is -3.05. The smallest absolute Gasteiger partial charge is 0.163 e. The standard InChI is InChI=1S/C20H14ClFN4/c1-23-20-15-6-4-12(16-10-14(22)5-7-17(16)21)9-18(15)25-19(26-20)13-3-2-8-24-11-13/h2-11H,1H3,(H,23,25,26). The summed E-state index contributed by atoms with van der Waals surface area (Å²) in [7, 11) is 1.81. The van der Waals surface area contributed by atoms with Crippen molar-refractivity contribution in [3.8, 4) is 22.5 Å². The molecule has 0 saturated heterocycles. The van der Waals surface area contributed by atoms with E-state index in [1.807, 2.05) is 37.4 Å². The number of nitrogens with zero attached hydrogens (tertiary/aromatic N) is 3. The Morgan fingerprint density at radius 2 is 1.88 bits per heavy atom. The van der Waals surface area contributed by atoms with Crippen LogP contribution in [0.15, 0.2) is 60.9 Å². The number of pyridine rings is 1. The third-order valence-electron chi connectivity index (χ3n) is 4.09. The Morgan fingerprint density at radius 1 is 1.00 bits per heavy atom. The molecule has 4 aromatic rings. The van der Waals surface area contributed by atoms with Crippen LogP contribution in [-0.4, -0.2) is 22.0 Å². The lowest BCUT2D eigenvalue weighted by Crippen LogP contribution is -1.99. The van der Waals surface area contributed by atoms with Gasteiger partial charge in [-0.2, -0.15) is 0 Å². The van der Waals surface area contributed by atoms with Crippen molar-refractivity contribution in [3.63, 3.8) is 0 Å². The average Bonchev–Trinajstić information content (AvgIpc) is 2.69. The second-order valence-electron chi connectivity index (χ2n) is 5.74. The highest BCUT2D eigenvalue weighted by Crippen LogP contribution is 2.32. The van der Waals surface area contributed by atoms with Crippen molar-refractivity contribution in [3.05, 3.63) is 71.8 Å². The fourth-order valence-electron chi connectivity index (χ4n) is 2.83. The molecule has 1 N–H and O–H groups in total. The predicted octanol–water partition coefficient (Wildman–Crippen LogP) is 5.19. The van der Waals surface area contributed by atoms with Crippen LogP contribution in [0.5, 0.6) is 0 Å². The monoisotopic (exact) mass is 364 g/mol. The third kappa shape index (κ3) is 2.97. The number of rotatable bonds is 3. The number of fused-ring (bicyclic) bond motifs is 1. The fourth-order valence-corrected chi connectivity index (χ4v) is 3.06. The molecule has 0 radical (unpaired) electrons. The molecule has 2 aromatic heterocycles. The molecule has 26 heavy (non-hydrogen) atoms. The molecule has 0 amide bonds.